The van der Waals surface area contributed by atoms with E-state index in [0.29, 0.717) is 25.1 Å². The van der Waals surface area contributed by atoms with Gasteiger partial charge < -0.3 is 20.3 Å². The van der Waals surface area contributed by atoms with Crippen molar-refractivity contribution in [3.05, 3.63) is 35.4 Å². The van der Waals surface area contributed by atoms with Crippen molar-refractivity contribution in [1.29, 1.82) is 0 Å². The summed E-state index contributed by atoms with van der Waals surface area (Å²) in [5, 5.41) is 5.69. The van der Waals surface area contributed by atoms with E-state index in [2.05, 4.69) is 10.6 Å². The van der Waals surface area contributed by atoms with E-state index in [4.69, 9.17) is 4.74 Å². The lowest BCUT2D eigenvalue weighted by molar-refractivity contribution is -0.133. The minimum atomic E-state index is -0.657. The fourth-order valence-electron chi connectivity index (χ4n) is 4.28. The number of hydrogen-bond donors (Lipinski definition) is 2. The van der Waals surface area contributed by atoms with Crippen molar-refractivity contribution < 1.29 is 19.1 Å². The molecule has 1 saturated heterocycles. The lowest BCUT2D eigenvalue weighted by atomic mass is 9.95. The van der Waals surface area contributed by atoms with E-state index < -0.39 is 16.8 Å². The number of rotatable bonds is 9. The molecule has 2 heterocycles. The Morgan fingerprint density at radius 3 is 2.68 bits per heavy atom. The predicted octanol–water partition coefficient (Wildman–Crippen LogP) is 2.72. The van der Waals surface area contributed by atoms with Crippen molar-refractivity contribution in [1.82, 2.24) is 15.5 Å². The fraction of sp³-hybridized carbons (Fsp3) is 0.609. The summed E-state index contributed by atoms with van der Waals surface area (Å²) in [5.41, 5.74) is 1.61. The number of carbonyl (C=O) groups is 3. The summed E-state index contributed by atoms with van der Waals surface area (Å²) in [4.78, 5) is 41.2. The first-order valence-electron chi connectivity index (χ1n) is 10.9. The molecule has 8 heteroatoms. The Morgan fingerprint density at radius 2 is 2.00 bits per heavy atom. The number of thioether (sulfide) groups is 1. The van der Waals surface area contributed by atoms with Gasteiger partial charge in [-0.3, -0.25) is 14.4 Å². The van der Waals surface area contributed by atoms with E-state index in [1.165, 1.54) is 0 Å². The predicted molar refractivity (Wildman–Crippen MR) is 122 cm³/mol. The molecule has 3 rings (SSSR count). The molecule has 2 aliphatic rings. The number of nitrogens with zero attached hydrogens (tertiary/aromatic N) is 1. The van der Waals surface area contributed by atoms with Crippen LogP contribution in [0.25, 0.3) is 0 Å². The number of methoxy groups -OCH3 is 1. The molecule has 4 atom stereocenters. The fourth-order valence-corrected chi connectivity index (χ4v) is 5.87. The van der Waals surface area contributed by atoms with Crippen molar-refractivity contribution in [3.8, 4) is 0 Å². The minimum absolute atomic E-state index is 0.0363. The van der Waals surface area contributed by atoms with Crippen LogP contribution in [0.15, 0.2) is 24.3 Å². The first-order chi connectivity index (χ1) is 14.7. The Morgan fingerprint density at radius 1 is 1.29 bits per heavy atom. The maximum absolute atomic E-state index is 13.5. The summed E-state index contributed by atoms with van der Waals surface area (Å²) >= 11 is 1.62. The van der Waals surface area contributed by atoms with E-state index in [0.717, 1.165) is 12.0 Å². The van der Waals surface area contributed by atoms with Crippen molar-refractivity contribution in [2.75, 3.05) is 20.3 Å². The Hall–Kier alpha value is -2.06. The molecule has 0 spiro atoms. The molecule has 1 aromatic carbocycles. The smallest absolute Gasteiger partial charge is 0.256 e. The third-order valence-electron chi connectivity index (χ3n) is 6.16. The van der Waals surface area contributed by atoms with Gasteiger partial charge in [-0.1, -0.05) is 38.5 Å². The third kappa shape index (κ3) is 4.60. The Bertz CT molecular complexity index is 844. The lowest BCUT2D eigenvalue weighted by Gasteiger charge is -2.32. The maximum atomic E-state index is 13.5. The van der Waals surface area contributed by atoms with Crippen LogP contribution in [0, 0.1) is 5.92 Å². The first-order valence-corrected chi connectivity index (χ1v) is 11.8. The molecule has 2 N–H and O–H groups in total. The number of ether oxygens (including phenoxy) is 1. The molecular weight excluding hydrogens is 414 g/mol. The van der Waals surface area contributed by atoms with Crippen LogP contribution < -0.4 is 10.6 Å². The highest BCUT2D eigenvalue weighted by Gasteiger charge is 2.57. The highest BCUT2D eigenvalue weighted by Crippen LogP contribution is 2.56. The SMILES string of the molecule is CC[C@@H](C)[C@H](NC(=O)[C@@H]1N2C(=O)c3ccccc3[C@H]2SC1(C)C)C(=O)NCCCOC. The van der Waals surface area contributed by atoms with Gasteiger partial charge in [-0.15, -0.1) is 11.8 Å². The molecule has 7 nitrogen and oxygen atoms in total. The van der Waals surface area contributed by atoms with Crippen LogP contribution in [0.1, 0.15) is 61.8 Å². The molecule has 0 aliphatic carbocycles. The van der Waals surface area contributed by atoms with Crippen LogP contribution in [0.2, 0.25) is 0 Å². The van der Waals surface area contributed by atoms with E-state index in [9.17, 15) is 14.4 Å². The number of hydrogen-bond acceptors (Lipinski definition) is 5. The molecule has 1 aromatic rings. The molecule has 3 amide bonds. The van der Waals surface area contributed by atoms with Gasteiger partial charge in [0.05, 0.1) is 0 Å². The second kappa shape index (κ2) is 9.61. The largest absolute Gasteiger partial charge is 0.385 e. The standard InChI is InChI=1S/C23H33N3O4S/c1-6-14(2)17(19(27)24-12-9-13-30-5)25-20(28)18-23(3,4)31-22-16-11-8-7-10-15(16)21(29)26(18)22/h7-8,10-11,14,17-18,22H,6,9,12-13H2,1-5H3,(H,24,27)(H,25,28)/t14-,17+,18+,22-/m1/s1. The van der Waals surface area contributed by atoms with E-state index in [-0.39, 0.29) is 29.0 Å². The van der Waals surface area contributed by atoms with Gasteiger partial charge in [-0.05, 0) is 37.8 Å². The summed E-state index contributed by atoms with van der Waals surface area (Å²) in [6.45, 7) is 8.97. The Kier molecular flexibility index (Phi) is 7.31. The molecule has 0 saturated carbocycles. The van der Waals surface area contributed by atoms with Crippen LogP contribution in [0.3, 0.4) is 0 Å². The lowest BCUT2D eigenvalue weighted by Crippen LogP contribution is -2.58. The van der Waals surface area contributed by atoms with Crippen LogP contribution in [-0.2, 0) is 14.3 Å². The topological polar surface area (TPSA) is 87.7 Å². The number of carbonyl (C=O) groups excluding carboxylic acids is 3. The van der Waals surface area contributed by atoms with Crippen molar-refractivity contribution in [3.63, 3.8) is 0 Å². The number of nitrogens with one attached hydrogen (secondary N) is 2. The van der Waals surface area contributed by atoms with Gasteiger partial charge in [-0.2, -0.15) is 0 Å². The average Bonchev–Trinajstić information content (AvgIpc) is 3.18. The van der Waals surface area contributed by atoms with Gasteiger partial charge in [0.25, 0.3) is 5.91 Å². The van der Waals surface area contributed by atoms with Crippen LogP contribution >= 0.6 is 11.8 Å². The van der Waals surface area contributed by atoms with Gasteiger partial charge in [0.15, 0.2) is 0 Å². The minimum Gasteiger partial charge on any atom is -0.385 e. The average molecular weight is 448 g/mol. The highest BCUT2D eigenvalue weighted by molar-refractivity contribution is 8.01. The normalized spacial score (nSPS) is 23.1. The second-order valence-electron chi connectivity index (χ2n) is 8.79. The highest BCUT2D eigenvalue weighted by atomic mass is 32.2. The van der Waals surface area contributed by atoms with Gasteiger partial charge in [0.1, 0.15) is 17.5 Å². The summed E-state index contributed by atoms with van der Waals surface area (Å²) in [7, 11) is 1.62. The summed E-state index contributed by atoms with van der Waals surface area (Å²) < 4.78 is 4.54. The van der Waals surface area contributed by atoms with Crippen LogP contribution in [0.4, 0.5) is 0 Å². The number of fused-ring (bicyclic) bond motifs is 3. The van der Waals surface area contributed by atoms with E-state index in [1.807, 2.05) is 52.0 Å². The number of amides is 3. The van der Waals surface area contributed by atoms with E-state index in [1.54, 1.807) is 23.8 Å². The van der Waals surface area contributed by atoms with E-state index >= 15 is 0 Å². The Labute approximate surface area is 188 Å². The van der Waals surface area contributed by atoms with Gasteiger partial charge in [-0.25, -0.2) is 0 Å². The zero-order valence-electron chi connectivity index (χ0n) is 18.9. The molecule has 0 unspecified atom stereocenters. The summed E-state index contributed by atoms with van der Waals surface area (Å²) in [6.07, 6.45) is 1.45. The Balaban J connectivity index is 1.78. The molecule has 0 aromatic heterocycles. The van der Waals surface area contributed by atoms with Crippen LogP contribution in [-0.4, -0.2) is 59.7 Å². The molecule has 1 fully saturated rings. The molecule has 31 heavy (non-hydrogen) atoms. The summed E-state index contributed by atoms with van der Waals surface area (Å²) in [6, 6.07) is 6.22. The molecule has 0 radical (unpaired) electrons. The van der Waals surface area contributed by atoms with Gasteiger partial charge in [0.2, 0.25) is 11.8 Å². The van der Waals surface area contributed by atoms with Crippen LogP contribution in [0.5, 0.6) is 0 Å². The molecule has 0 bridgehead atoms. The molecular formula is C23H33N3O4S. The zero-order valence-corrected chi connectivity index (χ0v) is 19.8. The quantitative estimate of drug-likeness (QED) is 0.569. The monoisotopic (exact) mass is 447 g/mol. The van der Waals surface area contributed by atoms with Gasteiger partial charge >= 0.3 is 0 Å². The molecule has 170 valence electrons. The zero-order chi connectivity index (χ0) is 22.8. The third-order valence-corrected chi connectivity index (χ3v) is 7.70. The number of benzene rings is 1. The van der Waals surface area contributed by atoms with Crippen molar-refractivity contribution >= 4 is 29.5 Å². The summed E-state index contributed by atoms with van der Waals surface area (Å²) in [5.74, 6) is -0.637. The van der Waals surface area contributed by atoms with Crippen molar-refractivity contribution in [2.45, 2.75) is 62.7 Å². The van der Waals surface area contributed by atoms with Crippen molar-refractivity contribution in [2.24, 2.45) is 5.92 Å². The molecule has 2 aliphatic heterocycles. The van der Waals surface area contributed by atoms with Gasteiger partial charge in [0, 0.05) is 30.6 Å². The first kappa shape index (κ1) is 23.6. The second-order valence-corrected chi connectivity index (χ2v) is 10.5. The maximum Gasteiger partial charge on any atom is 0.256 e.